The molecule has 2 aromatic rings. The van der Waals surface area contributed by atoms with Gasteiger partial charge in [-0.05, 0) is 25.1 Å². The summed E-state index contributed by atoms with van der Waals surface area (Å²) in [6.07, 6.45) is 1.65. The highest BCUT2D eigenvalue weighted by Gasteiger charge is 2.14. The Morgan fingerprint density at radius 1 is 1.52 bits per heavy atom. The SMILES string of the molecule is Cc1nn(C)cc1C(=O)Nc1cc(C#CCO)ccc1Cl. The number of aliphatic hydroxyl groups is 1. The number of anilines is 1. The van der Waals surface area contributed by atoms with Crippen LogP contribution in [0.4, 0.5) is 5.69 Å². The number of benzene rings is 1. The van der Waals surface area contributed by atoms with Crippen LogP contribution in [-0.4, -0.2) is 27.4 Å². The number of hydrogen-bond donors (Lipinski definition) is 2. The van der Waals surface area contributed by atoms with E-state index in [0.717, 1.165) is 0 Å². The van der Waals surface area contributed by atoms with E-state index in [9.17, 15) is 4.79 Å². The average Bonchev–Trinajstić information content (AvgIpc) is 2.78. The molecule has 0 saturated carbocycles. The number of nitrogens with one attached hydrogen (secondary N) is 1. The van der Waals surface area contributed by atoms with E-state index in [4.69, 9.17) is 16.7 Å². The Kier molecular flexibility index (Phi) is 4.63. The summed E-state index contributed by atoms with van der Waals surface area (Å²) in [5, 5.41) is 16.0. The van der Waals surface area contributed by atoms with Gasteiger partial charge in [0.25, 0.3) is 5.91 Å². The smallest absolute Gasteiger partial charge is 0.259 e. The van der Waals surface area contributed by atoms with Gasteiger partial charge < -0.3 is 10.4 Å². The van der Waals surface area contributed by atoms with Crippen LogP contribution in [0.2, 0.25) is 5.02 Å². The number of aliphatic hydroxyl groups excluding tert-OH is 1. The third-order valence-corrected chi connectivity index (χ3v) is 3.11. The molecule has 1 amide bonds. The summed E-state index contributed by atoms with van der Waals surface area (Å²) < 4.78 is 1.58. The van der Waals surface area contributed by atoms with Crippen molar-refractivity contribution in [3.05, 3.63) is 46.2 Å². The van der Waals surface area contributed by atoms with E-state index < -0.39 is 0 Å². The molecule has 5 nitrogen and oxygen atoms in total. The summed E-state index contributed by atoms with van der Waals surface area (Å²) in [7, 11) is 1.75. The number of nitrogens with zero attached hydrogens (tertiary/aromatic N) is 2. The molecule has 1 heterocycles. The summed E-state index contributed by atoms with van der Waals surface area (Å²) >= 11 is 6.07. The van der Waals surface area contributed by atoms with Crippen LogP contribution in [0.15, 0.2) is 24.4 Å². The molecule has 108 valence electrons. The molecule has 21 heavy (non-hydrogen) atoms. The van der Waals surface area contributed by atoms with Gasteiger partial charge in [0.05, 0.1) is 22.0 Å². The molecule has 2 N–H and O–H groups in total. The van der Waals surface area contributed by atoms with Crippen LogP contribution in [0.3, 0.4) is 0 Å². The maximum atomic E-state index is 12.2. The molecule has 1 aromatic heterocycles. The van der Waals surface area contributed by atoms with Crippen LogP contribution >= 0.6 is 11.6 Å². The minimum Gasteiger partial charge on any atom is -0.384 e. The fraction of sp³-hybridized carbons (Fsp3) is 0.200. The highest BCUT2D eigenvalue weighted by atomic mass is 35.5. The zero-order chi connectivity index (χ0) is 15.4. The van der Waals surface area contributed by atoms with E-state index in [2.05, 4.69) is 22.3 Å². The van der Waals surface area contributed by atoms with Crippen molar-refractivity contribution in [2.75, 3.05) is 11.9 Å². The molecule has 0 aliphatic rings. The highest BCUT2D eigenvalue weighted by Crippen LogP contribution is 2.23. The van der Waals surface area contributed by atoms with Crippen LogP contribution in [-0.2, 0) is 7.05 Å². The number of aromatic nitrogens is 2. The predicted octanol–water partition coefficient (Wildman–Crippen LogP) is 1.98. The maximum absolute atomic E-state index is 12.2. The van der Waals surface area contributed by atoms with Crippen molar-refractivity contribution >= 4 is 23.2 Å². The first-order chi connectivity index (χ1) is 10.0. The lowest BCUT2D eigenvalue weighted by molar-refractivity contribution is 0.102. The molecular weight excluding hydrogens is 290 g/mol. The highest BCUT2D eigenvalue weighted by molar-refractivity contribution is 6.34. The van der Waals surface area contributed by atoms with Crippen molar-refractivity contribution in [2.24, 2.45) is 7.05 Å². The molecule has 0 bridgehead atoms. The van der Waals surface area contributed by atoms with Crippen molar-refractivity contribution in [1.29, 1.82) is 0 Å². The Morgan fingerprint density at radius 3 is 2.90 bits per heavy atom. The summed E-state index contributed by atoms with van der Waals surface area (Å²) in [4.78, 5) is 12.2. The molecule has 0 atom stereocenters. The Labute approximate surface area is 127 Å². The quantitative estimate of drug-likeness (QED) is 0.834. The first-order valence-electron chi connectivity index (χ1n) is 6.22. The monoisotopic (exact) mass is 303 g/mol. The van der Waals surface area contributed by atoms with Crippen LogP contribution in [0.25, 0.3) is 0 Å². The molecule has 0 spiro atoms. The lowest BCUT2D eigenvalue weighted by Gasteiger charge is -2.07. The number of carbonyl (C=O) groups excluding carboxylic acids is 1. The summed E-state index contributed by atoms with van der Waals surface area (Å²) in [5.74, 6) is 5.03. The molecule has 2 rings (SSSR count). The van der Waals surface area contributed by atoms with Crippen molar-refractivity contribution in [3.8, 4) is 11.8 Å². The minimum atomic E-state index is -0.283. The van der Waals surface area contributed by atoms with Gasteiger partial charge in [0.2, 0.25) is 0 Å². The molecule has 6 heteroatoms. The minimum absolute atomic E-state index is 0.223. The summed E-state index contributed by atoms with van der Waals surface area (Å²) in [6.45, 7) is 1.54. The van der Waals surface area contributed by atoms with Crippen LogP contribution in [0.1, 0.15) is 21.6 Å². The number of rotatable bonds is 2. The van der Waals surface area contributed by atoms with E-state index >= 15 is 0 Å². The van der Waals surface area contributed by atoms with Gasteiger partial charge in [0, 0.05) is 18.8 Å². The summed E-state index contributed by atoms with van der Waals surface area (Å²) in [5.41, 5.74) is 2.25. The molecule has 0 aliphatic carbocycles. The molecule has 0 saturated heterocycles. The van der Waals surface area contributed by atoms with E-state index in [1.807, 2.05) is 0 Å². The first kappa shape index (κ1) is 15.1. The van der Waals surface area contributed by atoms with E-state index in [1.54, 1.807) is 43.0 Å². The third-order valence-electron chi connectivity index (χ3n) is 2.78. The largest absolute Gasteiger partial charge is 0.384 e. The van der Waals surface area contributed by atoms with Crippen LogP contribution in [0, 0.1) is 18.8 Å². The normalized spacial score (nSPS) is 9.90. The van der Waals surface area contributed by atoms with Crippen molar-refractivity contribution < 1.29 is 9.90 Å². The second-order valence-electron chi connectivity index (χ2n) is 4.41. The fourth-order valence-electron chi connectivity index (χ4n) is 1.85. The molecule has 0 aliphatic heterocycles. The van der Waals surface area contributed by atoms with Gasteiger partial charge in [-0.25, -0.2) is 0 Å². The molecule has 0 fully saturated rings. The Morgan fingerprint density at radius 2 is 2.29 bits per heavy atom. The topological polar surface area (TPSA) is 67.2 Å². The summed E-state index contributed by atoms with van der Waals surface area (Å²) in [6, 6.07) is 5.03. The zero-order valence-electron chi connectivity index (χ0n) is 11.6. The maximum Gasteiger partial charge on any atom is 0.259 e. The van der Waals surface area contributed by atoms with Gasteiger partial charge in [-0.3, -0.25) is 9.48 Å². The first-order valence-corrected chi connectivity index (χ1v) is 6.60. The number of carbonyl (C=O) groups is 1. The fourth-order valence-corrected chi connectivity index (χ4v) is 2.02. The van der Waals surface area contributed by atoms with E-state index in [0.29, 0.717) is 27.5 Å². The Bertz CT molecular complexity index is 741. The molecule has 0 unspecified atom stereocenters. The second-order valence-corrected chi connectivity index (χ2v) is 4.82. The van der Waals surface area contributed by atoms with Gasteiger partial charge in [-0.2, -0.15) is 5.10 Å². The predicted molar refractivity (Wildman–Crippen MR) is 81.3 cm³/mol. The number of hydrogen-bond acceptors (Lipinski definition) is 3. The van der Waals surface area contributed by atoms with Crippen molar-refractivity contribution in [2.45, 2.75) is 6.92 Å². The Hall–Kier alpha value is -2.29. The standard InChI is InChI=1S/C15H14ClN3O2/c1-10-12(9-19(2)18-10)15(21)17-14-8-11(4-3-7-20)5-6-13(14)16/h5-6,8-9,20H,7H2,1-2H3,(H,17,21). The van der Waals surface area contributed by atoms with Gasteiger partial charge in [-0.1, -0.05) is 23.4 Å². The zero-order valence-corrected chi connectivity index (χ0v) is 12.4. The lowest BCUT2D eigenvalue weighted by Crippen LogP contribution is -2.12. The lowest BCUT2D eigenvalue weighted by atomic mass is 10.2. The number of amides is 1. The van der Waals surface area contributed by atoms with Crippen LogP contribution < -0.4 is 5.32 Å². The second kappa shape index (κ2) is 6.44. The van der Waals surface area contributed by atoms with Crippen molar-refractivity contribution in [3.63, 3.8) is 0 Å². The third kappa shape index (κ3) is 3.63. The average molecular weight is 304 g/mol. The van der Waals surface area contributed by atoms with E-state index in [-0.39, 0.29) is 12.5 Å². The molecule has 0 radical (unpaired) electrons. The Balaban J connectivity index is 2.26. The molecular formula is C15H14ClN3O2. The number of halogens is 1. The van der Waals surface area contributed by atoms with Crippen molar-refractivity contribution in [1.82, 2.24) is 9.78 Å². The van der Waals surface area contributed by atoms with E-state index in [1.165, 1.54) is 0 Å². The molecule has 1 aromatic carbocycles. The van der Waals surface area contributed by atoms with Gasteiger partial charge in [-0.15, -0.1) is 0 Å². The van der Waals surface area contributed by atoms with Crippen LogP contribution in [0.5, 0.6) is 0 Å². The number of aryl methyl sites for hydroxylation is 2. The van der Waals surface area contributed by atoms with Gasteiger partial charge in [0.15, 0.2) is 0 Å². The van der Waals surface area contributed by atoms with Gasteiger partial charge in [0.1, 0.15) is 6.61 Å². The van der Waals surface area contributed by atoms with Gasteiger partial charge >= 0.3 is 0 Å².